The van der Waals surface area contributed by atoms with Crippen LogP contribution in [0.5, 0.6) is 0 Å². The van der Waals surface area contributed by atoms with Crippen molar-refractivity contribution in [3.8, 4) is 0 Å². The Bertz CT molecular complexity index is 361. The Hall–Kier alpha value is -0.420. The van der Waals surface area contributed by atoms with Gasteiger partial charge in [0.15, 0.2) is 0 Å². The van der Waals surface area contributed by atoms with Crippen LogP contribution >= 0.6 is 0 Å². The van der Waals surface area contributed by atoms with Crippen LogP contribution in [0.1, 0.15) is 13.2 Å². The van der Waals surface area contributed by atoms with E-state index in [4.69, 9.17) is 0 Å². The molecule has 0 aromatic heterocycles. The molecule has 0 aliphatic heterocycles. The standard InChI is InChI=1S/C11H13NO3.Ca.2H/c1-12(2)8-10(13)15-11(14)9-6-4-3-5-7-9;;;/h3-7H,8H2,1-2H3;;;/q;+2;2*-1. The maximum absolute atomic E-state index is 11.4. The molecule has 5 heteroatoms. The molecule has 16 heavy (non-hydrogen) atoms. The van der Waals surface area contributed by atoms with E-state index >= 15 is 0 Å². The maximum atomic E-state index is 11.4. The number of carbonyl (C=O) groups is 2. The number of carbonyl (C=O) groups excluding carboxylic acids is 2. The number of benzene rings is 1. The van der Waals surface area contributed by atoms with Gasteiger partial charge in [0.1, 0.15) is 0 Å². The summed E-state index contributed by atoms with van der Waals surface area (Å²) in [5, 5.41) is 0. The van der Waals surface area contributed by atoms with Crippen molar-refractivity contribution in [2.24, 2.45) is 0 Å². The predicted octanol–water partition coefficient (Wildman–Crippen LogP) is 0.776. The van der Waals surface area contributed by atoms with Crippen LogP contribution in [-0.2, 0) is 9.53 Å². The maximum Gasteiger partial charge on any atom is 2.00 e. The molecule has 0 saturated heterocycles. The molecular formula is C11H15CaNO3. The molecule has 0 atom stereocenters. The summed E-state index contributed by atoms with van der Waals surface area (Å²) in [4.78, 5) is 24.2. The summed E-state index contributed by atoms with van der Waals surface area (Å²) in [6, 6.07) is 8.43. The van der Waals surface area contributed by atoms with Gasteiger partial charge in [0.25, 0.3) is 0 Å². The Morgan fingerprint density at radius 3 is 2.31 bits per heavy atom. The van der Waals surface area contributed by atoms with Gasteiger partial charge >= 0.3 is 49.7 Å². The molecule has 0 saturated carbocycles. The van der Waals surface area contributed by atoms with Gasteiger partial charge in [-0.2, -0.15) is 0 Å². The van der Waals surface area contributed by atoms with Crippen LogP contribution < -0.4 is 0 Å². The minimum absolute atomic E-state index is 0. The number of esters is 2. The topological polar surface area (TPSA) is 46.6 Å². The van der Waals surface area contributed by atoms with Gasteiger partial charge < -0.3 is 7.59 Å². The van der Waals surface area contributed by atoms with Crippen molar-refractivity contribution in [1.82, 2.24) is 4.90 Å². The first kappa shape index (κ1) is 15.6. The largest absolute Gasteiger partial charge is 2.00 e. The smallest absolute Gasteiger partial charge is 1.00 e. The molecule has 1 rings (SSSR count). The van der Waals surface area contributed by atoms with Crippen LogP contribution in [0.15, 0.2) is 30.3 Å². The van der Waals surface area contributed by atoms with Crippen LogP contribution in [0.3, 0.4) is 0 Å². The molecule has 0 spiro atoms. The zero-order chi connectivity index (χ0) is 11.3. The summed E-state index contributed by atoms with van der Waals surface area (Å²) in [5.41, 5.74) is 0.379. The van der Waals surface area contributed by atoms with Crippen LogP contribution in [0, 0.1) is 0 Å². The molecule has 0 bridgehead atoms. The molecule has 4 nitrogen and oxygen atoms in total. The Morgan fingerprint density at radius 1 is 1.25 bits per heavy atom. The van der Waals surface area contributed by atoms with Crippen molar-refractivity contribution in [1.29, 1.82) is 0 Å². The van der Waals surface area contributed by atoms with E-state index in [1.54, 1.807) is 49.3 Å². The molecule has 1 aromatic carbocycles. The van der Waals surface area contributed by atoms with Crippen LogP contribution in [0.4, 0.5) is 0 Å². The van der Waals surface area contributed by atoms with E-state index in [0.717, 1.165) is 0 Å². The van der Waals surface area contributed by atoms with Gasteiger partial charge in [-0.25, -0.2) is 4.79 Å². The van der Waals surface area contributed by atoms with E-state index in [1.165, 1.54) is 0 Å². The first-order valence-corrected chi connectivity index (χ1v) is 4.54. The molecule has 0 fully saturated rings. The summed E-state index contributed by atoms with van der Waals surface area (Å²) in [6.07, 6.45) is 0. The van der Waals surface area contributed by atoms with Crippen molar-refractivity contribution in [3.63, 3.8) is 0 Å². The number of ether oxygens (including phenoxy) is 1. The SMILES string of the molecule is CN(C)CC(=O)OC(=O)c1ccccc1.[Ca+2].[H-].[H-]. The minimum Gasteiger partial charge on any atom is -1.00 e. The van der Waals surface area contributed by atoms with E-state index in [9.17, 15) is 9.59 Å². The summed E-state index contributed by atoms with van der Waals surface area (Å²) in [6.45, 7) is 0.0958. The van der Waals surface area contributed by atoms with Gasteiger partial charge in [0.2, 0.25) is 0 Å². The second-order valence-corrected chi connectivity index (χ2v) is 3.37. The number of hydrogen-bond acceptors (Lipinski definition) is 4. The van der Waals surface area contributed by atoms with Crippen LogP contribution in [0.2, 0.25) is 0 Å². The fourth-order valence-corrected chi connectivity index (χ4v) is 1.03. The molecule has 0 radical (unpaired) electrons. The average molecular weight is 249 g/mol. The number of hydrogen-bond donors (Lipinski definition) is 0. The minimum atomic E-state index is -0.609. The van der Waals surface area contributed by atoms with E-state index < -0.39 is 11.9 Å². The van der Waals surface area contributed by atoms with Gasteiger partial charge in [-0.3, -0.25) is 9.69 Å². The third kappa shape index (κ3) is 5.61. The Balaban J connectivity index is -0.000000750. The van der Waals surface area contributed by atoms with Crippen LogP contribution in [-0.4, -0.2) is 75.2 Å². The summed E-state index contributed by atoms with van der Waals surface area (Å²) >= 11 is 0. The molecule has 84 valence electrons. The number of nitrogens with zero attached hydrogens (tertiary/aromatic N) is 1. The van der Waals surface area contributed by atoms with Crippen molar-refractivity contribution in [2.45, 2.75) is 0 Å². The van der Waals surface area contributed by atoms with Gasteiger partial charge in [0.05, 0.1) is 12.1 Å². The Morgan fingerprint density at radius 2 is 1.81 bits per heavy atom. The second-order valence-electron chi connectivity index (χ2n) is 3.37. The van der Waals surface area contributed by atoms with E-state index in [0.29, 0.717) is 5.56 Å². The Kier molecular flexibility index (Phi) is 7.58. The third-order valence-corrected chi connectivity index (χ3v) is 1.66. The number of likely N-dealkylation sites (N-methyl/N-ethyl adjacent to an activating group) is 1. The molecule has 0 aliphatic carbocycles. The van der Waals surface area contributed by atoms with E-state index in [1.807, 2.05) is 0 Å². The molecule has 0 heterocycles. The molecule has 1 aromatic rings. The van der Waals surface area contributed by atoms with Gasteiger partial charge in [0, 0.05) is 0 Å². The van der Waals surface area contributed by atoms with Gasteiger partial charge in [-0.1, -0.05) is 18.2 Å². The second kappa shape index (κ2) is 7.79. The normalized spacial score (nSPS) is 9.44. The molecule has 0 N–H and O–H groups in total. The Labute approximate surface area is 128 Å². The van der Waals surface area contributed by atoms with Crippen molar-refractivity contribution in [2.75, 3.05) is 20.6 Å². The van der Waals surface area contributed by atoms with Gasteiger partial charge in [-0.15, -0.1) is 0 Å². The zero-order valence-electron chi connectivity index (χ0n) is 11.5. The first-order chi connectivity index (χ1) is 7.09. The van der Waals surface area contributed by atoms with Crippen LogP contribution in [0.25, 0.3) is 0 Å². The fourth-order valence-electron chi connectivity index (χ4n) is 1.03. The number of rotatable bonds is 3. The quantitative estimate of drug-likeness (QED) is 0.451. The fraction of sp³-hybridized carbons (Fsp3) is 0.273. The summed E-state index contributed by atoms with van der Waals surface area (Å²) < 4.78 is 4.63. The molecular weight excluding hydrogens is 234 g/mol. The third-order valence-electron chi connectivity index (χ3n) is 1.66. The average Bonchev–Trinajstić information content (AvgIpc) is 2.17. The summed E-state index contributed by atoms with van der Waals surface area (Å²) in [7, 11) is 3.46. The van der Waals surface area contributed by atoms with E-state index in [-0.39, 0.29) is 47.1 Å². The monoisotopic (exact) mass is 249 g/mol. The summed E-state index contributed by atoms with van der Waals surface area (Å²) in [5.74, 6) is -1.16. The molecule has 0 amide bonds. The van der Waals surface area contributed by atoms with Crippen molar-refractivity contribution >= 4 is 49.7 Å². The van der Waals surface area contributed by atoms with Gasteiger partial charge in [-0.05, 0) is 26.2 Å². The molecule has 0 unspecified atom stereocenters. The van der Waals surface area contributed by atoms with E-state index in [2.05, 4.69) is 4.74 Å². The van der Waals surface area contributed by atoms with Crippen molar-refractivity contribution < 1.29 is 17.2 Å². The molecule has 0 aliphatic rings. The first-order valence-electron chi connectivity index (χ1n) is 4.54. The predicted molar refractivity (Wildman–Crippen MR) is 63.4 cm³/mol. The van der Waals surface area contributed by atoms with Crippen molar-refractivity contribution in [3.05, 3.63) is 35.9 Å². The zero-order valence-corrected chi connectivity index (χ0v) is 11.7.